The second-order valence-corrected chi connectivity index (χ2v) is 2.85. The Bertz CT molecular complexity index is 247. The van der Waals surface area contributed by atoms with Crippen LogP contribution in [0.3, 0.4) is 0 Å². The summed E-state index contributed by atoms with van der Waals surface area (Å²) < 4.78 is 0. The van der Waals surface area contributed by atoms with Gasteiger partial charge >= 0.3 is 0 Å². The van der Waals surface area contributed by atoms with Gasteiger partial charge in [-0.25, -0.2) is 0 Å². The molecule has 0 saturated heterocycles. The number of aliphatic hydroxyl groups excluding tert-OH is 1. The van der Waals surface area contributed by atoms with Crippen LogP contribution >= 0.6 is 0 Å². The normalized spacial score (nSPS) is 12.9. The maximum absolute atomic E-state index is 9.42. The number of nitrogens with two attached hydrogens (primary N) is 1. The van der Waals surface area contributed by atoms with Gasteiger partial charge in [0, 0.05) is 6.54 Å². The van der Waals surface area contributed by atoms with E-state index in [1.807, 2.05) is 24.3 Å². The molecule has 1 aromatic carbocycles. The molecule has 0 aliphatic heterocycles. The Morgan fingerprint density at radius 3 is 2.83 bits per heavy atom. The van der Waals surface area contributed by atoms with E-state index < -0.39 is 6.10 Å². The van der Waals surface area contributed by atoms with Crippen molar-refractivity contribution in [3.8, 4) is 0 Å². The van der Waals surface area contributed by atoms with Gasteiger partial charge in [0.15, 0.2) is 0 Å². The molecule has 66 valence electrons. The van der Waals surface area contributed by atoms with E-state index >= 15 is 0 Å². The Labute approximate surface area is 73.0 Å². The molecular weight excluding hydrogens is 150 g/mol. The summed E-state index contributed by atoms with van der Waals surface area (Å²) in [6.45, 7) is 2.38. The molecule has 1 aromatic rings. The monoisotopic (exact) mass is 165 g/mol. The van der Waals surface area contributed by atoms with Crippen LogP contribution in [0.1, 0.15) is 24.2 Å². The van der Waals surface area contributed by atoms with Gasteiger partial charge in [0.25, 0.3) is 0 Å². The first-order valence-corrected chi connectivity index (χ1v) is 4.25. The summed E-state index contributed by atoms with van der Waals surface area (Å²) in [6, 6.07) is 7.90. The first kappa shape index (κ1) is 9.23. The molecule has 0 aliphatic carbocycles. The number of hydrogen-bond donors (Lipinski definition) is 2. The predicted molar refractivity (Wildman–Crippen MR) is 49.8 cm³/mol. The highest BCUT2D eigenvalue weighted by atomic mass is 16.3. The van der Waals surface area contributed by atoms with Gasteiger partial charge in [-0.1, -0.05) is 31.2 Å². The third-order valence-electron chi connectivity index (χ3n) is 1.97. The largest absolute Gasteiger partial charge is 0.387 e. The van der Waals surface area contributed by atoms with Crippen LogP contribution in [-0.2, 0) is 6.42 Å². The number of hydrogen-bond acceptors (Lipinski definition) is 2. The van der Waals surface area contributed by atoms with E-state index in [2.05, 4.69) is 6.92 Å². The fraction of sp³-hybridized carbons (Fsp3) is 0.400. The van der Waals surface area contributed by atoms with Crippen molar-refractivity contribution in [2.24, 2.45) is 5.73 Å². The molecule has 3 N–H and O–H groups in total. The molecule has 0 radical (unpaired) electrons. The molecule has 2 nitrogen and oxygen atoms in total. The van der Waals surface area contributed by atoms with E-state index in [0.717, 1.165) is 12.0 Å². The van der Waals surface area contributed by atoms with Gasteiger partial charge in [-0.05, 0) is 17.5 Å². The summed E-state index contributed by atoms with van der Waals surface area (Å²) in [5, 5.41) is 9.42. The molecule has 0 aromatic heterocycles. The lowest BCUT2D eigenvalue weighted by molar-refractivity contribution is 0.186. The first-order valence-electron chi connectivity index (χ1n) is 4.25. The summed E-state index contributed by atoms with van der Waals surface area (Å²) in [4.78, 5) is 0. The zero-order valence-electron chi connectivity index (χ0n) is 7.33. The van der Waals surface area contributed by atoms with Gasteiger partial charge in [-0.2, -0.15) is 0 Å². The fourth-order valence-electron chi connectivity index (χ4n) is 1.16. The Hall–Kier alpha value is -0.860. The van der Waals surface area contributed by atoms with E-state index in [-0.39, 0.29) is 6.54 Å². The summed E-state index contributed by atoms with van der Waals surface area (Å²) in [5.41, 5.74) is 7.50. The van der Waals surface area contributed by atoms with Gasteiger partial charge < -0.3 is 10.8 Å². The number of aliphatic hydroxyl groups is 1. The number of benzene rings is 1. The van der Waals surface area contributed by atoms with Crippen molar-refractivity contribution in [2.45, 2.75) is 19.4 Å². The van der Waals surface area contributed by atoms with Crippen molar-refractivity contribution in [3.05, 3.63) is 35.4 Å². The zero-order chi connectivity index (χ0) is 8.97. The van der Waals surface area contributed by atoms with Crippen molar-refractivity contribution in [2.75, 3.05) is 6.54 Å². The minimum atomic E-state index is -0.517. The predicted octanol–water partition coefficient (Wildman–Crippen LogP) is 1.24. The van der Waals surface area contributed by atoms with Crippen LogP contribution in [0.2, 0.25) is 0 Å². The third kappa shape index (κ3) is 2.06. The molecule has 0 heterocycles. The maximum Gasteiger partial charge on any atom is 0.0912 e. The summed E-state index contributed by atoms with van der Waals surface area (Å²) >= 11 is 0. The average molecular weight is 165 g/mol. The van der Waals surface area contributed by atoms with Crippen LogP contribution in [-0.4, -0.2) is 11.7 Å². The van der Waals surface area contributed by atoms with Crippen LogP contribution < -0.4 is 5.73 Å². The highest BCUT2D eigenvalue weighted by Crippen LogP contribution is 2.13. The highest BCUT2D eigenvalue weighted by molar-refractivity contribution is 5.25. The smallest absolute Gasteiger partial charge is 0.0912 e. The van der Waals surface area contributed by atoms with Crippen LogP contribution in [0.5, 0.6) is 0 Å². The van der Waals surface area contributed by atoms with Crippen LogP contribution in [0.15, 0.2) is 24.3 Å². The Balaban J connectivity index is 2.86. The van der Waals surface area contributed by atoms with Crippen molar-refractivity contribution in [1.82, 2.24) is 0 Å². The van der Waals surface area contributed by atoms with Gasteiger partial charge in [-0.3, -0.25) is 0 Å². The maximum atomic E-state index is 9.42. The molecule has 1 rings (SSSR count). The highest BCUT2D eigenvalue weighted by Gasteiger charge is 2.03. The number of aryl methyl sites for hydroxylation is 1. The van der Waals surface area contributed by atoms with Gasteiger partial charge in [0.2, 0.25) is 0 Å². The van der Waals surface area contributed by atoms with Crippen molar-refractivity contribution >= 4 is 0 Å². The van der Waals surface area contributed by atoms with E-state index in [1.165, 1.54) is 5.56 Å². The lowest BCUT2D eigenvalue weighted by Crippen LogP contribution is -2.11. The van der Waals surface area contributed by atoms with Crippen LogP contribution in [0, 0.1) is 0 Å². The molecule has 2 heteroatoms. The lowest BCUT2D eigenvalue weighted by atomic mass is 10.0. The van der Waals surface area contributed by atoms with Gasteiger partial charge in [0.1, 0.15) is 0 Å². The zero-order valence-corrected chi connectivity index (χ0v) is 7.33. The minimum absolute atomic E-state index is 0.285. The van der Waals surface area contributed by atoms with E-state index in [1.54, 1.807) is 0 Å². The molecule has 1 unspecified atom stereocenters. The third-order valence-corrected chi connectivity index (χ3v) is 1.97. The standard InChI is InChI=1S/C10H15NO/c1-2-8-4-3-5-9(6-8)10(12)7-11/h3-6,10,12H,2,7,11H2,1H3. The quantitative estimate of drug-likeness (QED) is 0.708. The molecule has 0 aliphatic rings. The van der Waals surface area contributed by atoms with Crippen LogP contribution in [0.4, 0.5) is 0 Å². The lowest BCUT2D eigenvalue weighted by Gasteiger charge is -2.08. The van der Waals surface area contributed by atoms with Crippen molar-refractivity contribution in [3.63, 3.8) is 0 Å². The second kappa shape index (κ2) is 4.24. The molecule has 1 atom stereocenters. The fourth-order valence-corrected chi connectivity index (χ4v) is 1.16. The topological polar surface area (TPSA) is 46.2 Å². The van der Waals surface area contributed by atoms with E-state index in [4.69, 9.17) is 5.73 Å². The molecular formula is C10H15NO. The molecule has 0 saturated carbocycles. The summed E-state index contributed by atoms with van der Waals surface area (Å²) in [7, 11) is 0. The van der Waals surface area contributed by atoms with Gasteiger partial charge in [0.05, 0.1) is 6.10 Å². The molecule has 0 fully saturated rings. The van der Waals surface area contributed by atoms with Gasteiger partial charge in [-0.15, -0.1) is 0 Å². The average Bonchev–Trinajstić information content (AvgIpc) is 2.17. The summed E-state index contributed by atoms with van der Waals surface area (Å²) in [6.07, 6.45) is 0.474. The second-order valence-electron chi connectivity index (χ2n) is 2.85. The minimum Gasteiger partial charge on any atom is -0.387 e. The molecule has 0 amide bonds. The Morgan fingerprint density at radius 2 is 2.25 bits per heavy atom. The first-order chi connectivity index (χ1) is 5.77. The van der Waals surface area contributed by atoms with E-state index in [9.17, 15) is 5.11 Å². The Morgan fingerprint density at radius 1 is 1.50 bits per heavy atom. The summed E-state index contributed by atoms with van der Waals surface area (Å²) in [5.74, 6) is 0. The Kier molecular flexibility index (Phi) is 3.26. The molecule has 0 bridgehead atoms. The SMILES string of the molecule is CCc1cccc(C(O)CN)c1. The van der Waals surface area contributed by atoms with E-state index in [0.29, 0.717) is 0 Å². The van der Waals surface area contributed by atoms with Crippen molar-refractivity contribution < 1.29 is 5.11 Å². The number of rotatable bonds is 3. The van der Waals surface area contributed by atoms with Crippen molar-refractivity contribution in [1.29, 1.82) is 0 Å². The molecule has 12 heavy (non-hydrogen) atoms. The molecule has 0 spiro atoms. The van der Waals surface area contributed by atoms with Crippen LogP contribution in [0.25, 0.3) is 0 Å².